The maximum Gasteiger partial charge on any atom is 0.407 e. The number of nitrogens with one attached hydrogen (secondary N) is 3. The number of carbonyl (C=O) groups is 1. The van der Waals surface area contributed by atoms with Crippen molar-refractivity contribution in [3.63, 3.8) is 0 Å². The number of alkyl carbamates (subject to hydrolysis) is 1. The largest absolute Gasteiger partial charge is 0.444 e. The lowest BCUT2D eigenvalue weighted by molar-refractivity contribution is 0.0266. The third-order valence-corrected chi connectivity index (χ3v) is 3.24. The zero-order chi connectivity index (χ0) is 19.3. The third kappa shape index (κ3) is 13.5. The summed E-state index contributed by atoms with van der Waals surface area (Å²) in [4.78, 5) is 16.1. The van der Waals surface area contributed by atoms with E-state index in [4.69, 9.17) is 9.47 Å². The van der Waals surface area contributed by atoms with Crippen molar-refractivity contribution in [2.24, 2.45) is 10.9 Å². The fourth-order valence-corrected chi connectivity index (χ4v) is 2.13. The topological polar surface area (TPSA) is 84.0 Å². The maximum atomic E-state index is 11.6. The lowest BCUT2D eigenvalue weighted by atomic mass is 10.0. The number of guanidine groups is 1. The standard InChI is InChI=1S/C18H38N4O3/c1-8-19-16(20-11-10-15(14(3)4)24-9-2)21-12-13-22-17(23)25-18(5,6)7/h14-15H,8-13H2,1-7H3,(H,22,23)(H2,19,20,21). The monoisotopic (exact) mass is 358 g/mol. The molecule has 0 spiro atoms. The molecule has 25 heavy (non-hydrogen) atoms. The first-order chi connectivity index (χ1) is 11.7. The number of hydrogen-bond acceptors (Lipinski definition) is 4. The van der Waals surface area contributed by atoms with Gasteiger partial charge >= 0.3 is 6.09 Å². The lowest BCUT2D eigenvalue weighted by Gasteiger charge is -2.20. The first-order valence-corrected chi connectivity index (χ1v) is 9.30. The number of hydrogen-bond donors (Lipinski definition) is 3. The Morgan fingerprint density at radius 1 is 1.08 bits per heavy atom. The van der Waals surface area contributed by atoms with Crippen LogP contribution in [0.2, 0.25) is 0 Å². The molecule has 0 aromatic carbocycles. The molecule has 0 aliphatic rings. The number of ether oxygens (including phenoxy) is 2. The number of carbonyl (C=O) groups excluding carboxylic acids is 1. The molecule has 7 heteroatoms. The van der Waals surface area contributed by atoms with Crippen molar-refractivity contribution in [2.75, 3.05) is 32.8 Å². The average Bonchev–Trinajstić information content (AvgIpc) is 2.48. The van der Waals surface area contributed by atoms with Gasteiger partial charge in [0, 0.05) is 32.8 Å². The van der Waals surface area contributed by atoms with Gasteiger partial charge in [0.15, 0.2) is 5.96 Å². The van der Waals surface area contributed by atoms with Crippen LogP contribution in [0.25, 0.3) is 0 Å². The summed E-state index contributed by atoms with van der Waals surface area (Å²) in [5.41, 5.74) is -0.485. The molecule has 1 atom stereocenters. The number of rotatable bonds is 10. The molecule has 0 rings (SSSR count). The minimum absolute atomic E-state index is 0.227. The van der Waals surface area contributed by atoms with E-state index in [0.717, 1.165) is 25.5 Å². The molecule has 0 heterocycles. The molecule has 7 nitrogen and oxygen atoms in total. The van der Waals surface area contributed by atoms with Crippen molar-refractivity contribution >= 4 is 12.1 Å². The number of amides is 1. The molecule has 148 valence electrons. The first kappa shape index (κ1) is 23.5. The minimum atomic E-state index is -0.485. The van der Waals surface area contributed by atoms with Gasteiger partial charge in [-0.1, -0.05) is 13.8 Å². The SMILES string of the molecule is CCNC(=NCCC(OCC)C(C)C)NCCNC(=O)OC(C)(C)C. The van der Waals surface area contributed by atoms with Crippen LogP contribution in [0.5, 0.6) is 0 Å². The van der Waals surface area contributed by atoms with Crippen molar-refractivity contribution < 1.29 is 14.3 Å². The van der Waals surface area contributed by atoms with E-state index in [1.807, 2.05) is 34.6 Å². The Kier molecular flexibility index (Phi) is 12.0. The van der Waals surface area contributed by atoms with Gasteiger partial charge in [-0.25, -0.2) is 4.79 Å². The molecule has 1 amide bonds. The molecule has 0 saturated carbocycles. The molecule has 0 bridgehead atoms. The summed E-state index contributed by atoms with van der Waals surface area (Å²) in [5, 5.41) is 9.12. The highest BCUT2D eigenvalue weighted by atomic mass is 16.6. The van der Waals surface area contributed by atoms with Gasteiger partial charge in [-0.3, -0.25) is 4.99 Å². The predicted molar refractivity (Wildman–Crippen MR) is 103 cm³/mol. The number of aliphatic imine (C=N–C) groups is 1. The van der Waals surface area contributed by atoms with Crippen LogP contribution in [-0.4, -0.2) is 56.5 Å². The van der Waals surface area contributed by atoms with Crippen LogP contribution < -0.4 is 16.0 Å². The van der Waals surface area contributed by atoms with Crippen molar-refractivity contribution in [1.82, 2.24) is 16.0 Å². The van der Waals surface area contributed by atoms with E-state index in [-0.39, 0.29) is 6.10 Å². The van der Waals surface area contributed by atoms with Gasteiger partial charge in [0.1, 0.15) is 5.60 Å². The van der Waals surface area contributed by atoms with Gasteiger partial charge in [-0.15, -0.1) is 0 Å². The van der Waals surface area contributed by atoms with Crippen LogP contribution >= 0.6 is 0 Å². The molecular formula is C18H38N4O3. The van der Waals surface area contributed by atoms with Gasteiger partial charge < -0.3 is 25.4 Å². The Morgan fingerprint density at radius 3 is 2.24 bits per heavy atom. The summed E-state index contributed by atoms with van der Waals surface area (Å²) < 4.78 is 10.9. The van der Waals surface area contributed by atoms with E-state index < -0.39 is 11.7 Å². The predicted octanol–water partition coefficient (Wildman–Crippen LogP) is 2.52. The fraction of sp³-hybridized carbons (Fsp3) is 0.889. The number of nitrogens with zero attached hydrogens (tertiary/aromatic N) is 1. The molecule has 0 aliphatic heterocycles. The highest BCUT2D eigenvalue weighted by molar-refractivity contribution is 5.79. The second-order valence-corrected chi connectivity index (χ2v) is 7.14. The van der Waals surface area contributed by atoms with Gasteiger partial charge in [-0.05, 0) is 47.0 Å². The Labute approximate surface area is 153 Å². The molecule has 0 aliphatic carbocycles. The van der Waals surface area contributed by atoms with Gasteiger partial charge in [-0.2, -0.15) is 0 Å². The molecule has 0 radical (unpaired) electrons. The summed E-state index contributed by atoms with van der Waals surface area (Å²) in [7, 11) is 0. The van der Waals surface area contributed by atoms with E-state index in [1.165, 1.54) is 0 Å². The highest BCUT2D eigenvalue weighted by Crippen LogP contribution is 2.10. The van der Waals surface area contributed by atoms with E-state index in [2.05, 4.69) is 34.8 Å². The molecule has 3 N–H and O–H groups in total. The van der Waals surface area contributed by atoms with Crippen LogP contribution in [0.3, 0.4) is 0 Å². The summed E-state index contributed by atoms with van der Waals surface area (Å²) in [5.74, 6) is 1.22. The second kappa shape index (κ2) is 12.8. The van der Waals surface area contributed by atoms with E-state index in [0.29, 0.717) is 25.6 Å². The Morgan fingerprint density at radius 2 is 1.72 bits per heavy atom. The average molecular weight is 359 g/mol. The Bertz CT molecular complexity index is 392. The van der Waals surface area contributed by atoms with E-state index in [9.17, 15) is 4.79 Å². The fourth-order valence-electron chi connectivity index (χ4n) is 2.13. The second-order valence-electron chi connectivity index (χ2n) is 7.14. The van der Waals surface area contributed by atoms with Crippen molar-refractivity contribution in [2.45, 2.75) is 66.6 Å². The third-order valence-electron chi connectivity index (χ3n) is 3.24. The zero-order valence-corrected chi connectivity index (χ0v) is 17.1. The van der Waals surface area contributed by atoms with Crippen molar-refractivity contribution in [1.29, 1.82) is 0 Å². The molecular weight excluding hydrogens is 320 g/mol. The molecule has 0 fully saturated rings. The maximum absolute atomic E-state index is 11.6. The molecule has 0 aromatic heterocycles. The molecule has 0 aromatic rings. The summed E-state index contributed by atoms with van der Waals surface area (Å²) in [6, 6.07) is 0. The van der Waals surface area contributed by atoms with Crippen molar-refractivity contribution in [3.05, 3.63) is 0 Å². The molecule has 0 saturated heterocycles. The minimum Gasteiger partial charge on any atom is -0.444 e. The van der Waals surface area contributed by atoms with Gasteiger partial charge in [0.2, 0.25) is 0 Å². The van der Waals surface area contributed by atoms with Crippen LogP contribution in [0.1, 0.15) is 54.9 Å². The van der Waals surface area contributed by atoms with Gasteiger partial charge in [0.05, 0.1) is 6.10 Å². The zero-order valence-electron chi connectivity index (χ0n) is 17.1. The lowest BCUT2D eigenvalue weighted by Crippen LogP contribution is -2.42. The van der Waals surface area contributed by atoms with Crippen LogP contribution in [0, 0.1) is 5.92 Å². The summed E-state index contributed by atoms with van der Waals surface area (Å²) in [6.07, 6.45) is 0.705. The molecule has 1 unspecified atom stereocenters. The Hall–Kier alpha value is -1.50. The van der Waals surface area contributed by atoms with Gasteiger partial charge in [0.25, 0.3) is 0 Å². The van der Waals surface area contributed by atoms with Crippen LogP contribution in [0.15, 0.2) is 4.99 Å². The van der Waals surface area contributed by atoms with Crippen LogP contribution in [-0.2, 0) is 9.47 Å². The van der Waals surface area contributed by atoms with Crippen LogP contribution in [0.4, 0.5) is 4.79 Å². The normalized spacial score (nSPS) is 13.5. The summed E-state index contributed by atoms with van der Waals surface area (Å²) in [6.45, 7) is 17.1. The van der Waals surface area contributed by atoms with E-state index >= 15 is 0 Å². The first-order valence-electron chi connectivity index (χ1n) is 9.30. The quantitative estimate of drug-likeness (QED) is 0.317. The van der Waals surface area contributed by atoms with E-state index in [1.54, 1.807) is 0 Å². The summed E-state index contributed by atoms with van der Waals surface area (Å²) >= 11 is 0. The Balaban J connectivity index is 4.21. The highest BCUT2D eigenvalue weighted by Gasteiger charge is 2.15. The van der Waals surface area contributed by atoms with Crippen molar-refractivity contribution in [3.8, 4) is 0 Å². The smallest absolute Gasteiger partial charge is 0.407 e.